The fraction of sp³-hybridized carbons (Fsp3) is 0.400. The Morgan fingerprint density at radius 2 is 2.30 bits per heavy atom. The van der Waals surface area contributed by atoms with Crippen molar-refractivity contribution in [2.45, 2.75) is 32.6 Å². The smallest absolute Gasteiger partial charge is 0.292 e. The fourth-order valence-electron chi connectivity index (χ4n) is 2.49. The molecule has 0 aliphatic heterocycles. The molecule has 3 rings (SSSR count). The standard InChI is InChI=1S/C15H17NO3S/c1-2-18-13-10-6-3-4-8-12(10)20-15(13)16-14(17)11-7-5-9-19-11/h5,7,9H,2-4,6,8H2,1H3,(H,16,17). The molecule has 0 fully saturated rings. The number of rotatable bonds is 4. The highest BCUT2D eigenvalue weighted by Gasteiger charge is 2.23. The predicted octanol–water partition coefficient (Wildman–Crippen LogP) is 3.87. The van der Waals surface area contributed by atoms with Crippen molar-refractivity contribution >= 4 is 22.2 Å². The van der Waals surface area contributed by atoms with E-state index in [1.165, 1.54) is 29.5 Å². The van der Waals surface area contributed by atoms with Crippen LogP contribution in [0.2, 0.25) is 0 Å². The Hall–Kier alpha value is -1.75. The highest BCUT2D eigenvalue weighted by molar-refractivity contribution is 7.17. The molecule has 0 radical (unpaired) electrons. The van der Waals surface area contributed by atoms with Crippen LogP contribution in [0.3, 0.4) is 0 Å². The van der Waals surface area contributed by atoms with E-state index in [0.29, 0.717) is 12.4 Å². The summed E-state index contributed by atoms with van der Waals surface area (Å²) in [4.78, 5) is 13.4. The minimum absolute atomic E-state index is 0.227. The Bertz CT molecular complexity index is 601. The maximum absolute atomic E-state index is 12.1. The van der Waals surface area contributed by atoms with Gasteiger partial charge in [0.2, 0.25) is 0 Å². The van der Waals surface area contributed by atoms with Crippen molar-refractivity contribution < 1.29 is 13.9 Å². The minimum atomic E-state index is -0.227. The van der Waals surface area contributed by atoms with Gasteiger partial charge >= 0.3 is 0 Å². The number of furan rings is 1. The van der Waals surface area contributed by atoms with Crippen LogP contribution < -0.4 is 10.1 Å². The predicted molar refractivity (Wildman–Crippen MR) is 78.8 cm³/mol. The molecule has 1 aliphatic carbocycles. The summed E-state index contributed by atoms with van der Waals surface area (Å²) >= 11 is 1.63. The van der Waals surface area contributed by atoms with Crippen LogP contribution in [0.4, 0.5) is 5.00 Å². The first-order chi connectivity index (χ1) is 9.79. The van der Waals surface area contributed by atoms with Crippen LogP contribution in [0, 0.1) is 0 Å². The van der Waals surface area contributed by atoms with E-state index in [2.05, 4.69) is 5.32 Å². The highest BCUT2D eigenvalue weighted by Crippen LogP contribution is 2.44. The number of carbonyl (C=O) groups is 1. The third kappa shape index (κ3) is 2.45. The molecular formula is C15H17NO3S. The second-order valence-electron chi connectivity index (χ2n) is 4.73. The number of thiophene rings is 1. The second kappa shape index (κ2) is 5.71. The summed E-state index contributed by atoms with van der Waals surface area (Å²) in [6.07, 6.45) is 6.02. The molecule has 0 unspecified atom stereocenters. The number of nitrogens with one attached hydrogen (secondary N) is 1. The number of aryl methyl sites for hydroxylation is 1. The van der Waals surface area contributed by atoms with Gasteiger partial charge in [-0.25, -0.2) is 0 Å². The average molecular weight is 291 g/mol. The lowest BCUT2D eigenvalue weighted by molar-refractivity contribution is 0.0996. The van der Waals surface area contributed by atoms with Crippen LogP contribution in [0.5, 0.6) is 5.75 Å². The average Bonchev–Trinajstić information content (AvgIpc) is 3.08. The third-order valence-electron chi connectivity index (χ3n) is 3.38. The van der Waals surface area contributed by atoms with E-state index >= 15 is 0 Å². The van der Waals surface area contributed by atoms with Crippen molar-refractivity contribution in [3.05, 3.63) is 34.6 Å². The highest BCUT2D eigenvalue weighted by atomic mass is 32.1. The quantitative estimate of drug-likeness (QED) is 0.930. The fourth-order valence-corrected chi connectivity index (χ4v) is 3.72. The first-order valence-corrected chi connectivity index (χ1v) is 7.73. The van der Waals surface area contributed by atoms with Crippen LogP contribution in [0.15, 0.2) is 22.8 Å². The summed E-state index contributed by atoms with van der Waals surface area (Å²) in [7, 11) is 0. The zero-order valence-electron chi connectivity index (χ0n) is 11.4. The molecule has 2 aromatic rings. The van der Waals surface area contributed by atoms with Crippen molar-refractivity contribution in [3.8, 4) is 5.75 Å². The van der Waals surface area contributed by atoms with Crippen LogP contribution >= 0.6 is 11.3 Å². The number of anilines is 1. The molecular weight excluding hydrogens is 274 g/mol. The van der Waals surface area contributed by atoms with Crippen molar-refractivity contribution in [2.24, 2.45) is 0 Å². The minimum Gasteiger partial charge on any atom is -0.490 e. The summed E-state index contributed by atoms with van der Waals surface area (Å²) < 4.78 is 10.9. The number of fused-ring (bicyclic) bond motifs is 1. The summed E-state index contributed by atoms with van der Waals surface area (Å²) in [5, 5.41) is 3.72. The second-order valence-corrected chi connectivity index (χ2v) is 5.84. The van der Waals surface area contributed by atoms with Crippen molar-refractivity contribution in [2.75, 3.05) is 11.9 Å². The van der Waals surface area contributed by atoms with Crippen LogP contribution in [-0.2, 0) is 12.8 Å². The maximum atomic E-state index is 12.1. The Kier molecular flexibility index (Phi) is 3.78. The van der Waals surface area contributed by atoms with Crippen molar-refractivity contribution in [1.82, 2.24) is 0 Å². The zero-order valence-corrected chi connectivity index (χ0v) is 12.2. The monoisotopic (exact) mass is 291 g/mol. The first-order valence-electron chi connectivity index (χ1n) is 6.91. The molecule has 1 N–H and O–H groups in total. The summed E-state index contributed by atoms with van der Waals surface area (Å²) in [5.74, 6) is 0.945. The van der Waals surface area contributed by atoms with E-state index in [1.54, 1.807) is 23.5 Å². The lowest BCUT2D eigenvalue weighted by Crippen LogP contribution is -2.11. The molecule has 4 nitrogen and oxygen atoms in total. The molecule has 5 heteroatoms. The Morgan fingerprint density at radius 3 is 3.05 bits per heavy atom. The van der Waals surface area contributed by atoms with Crippen LogP contribution in [0.1, 0.15) is 40.8 Å². The van der Waals surface area contributed by atoms with E-state index < -0.39 is 0 Å². The molecule has 0 saturated heterocycles. The van der Waals surface area contributed by atoms with Gasteiger partial charge in [-0.3, -0.25) is 4.79 Å². The van der Waals surface area contributed by atoms with Gasteiger partial charge in [-0.1, -0.05) is 0 Å². The molecule has 0 bridgehead atoms. The van der Waals surface area contributed by atoms with E-state index in [1.807, 2.05) is 6.92 Å². The molecule has 106 valence electrons. The van der Waals surface area contributed by atoms with Gasteiger partial charge in [-0.2, -0.15) is 0 Å². The first kappa shape index (κ1) is 13.2. The summed E-state index contributed by atoms with van der Waals surface area (Å²) in [6.45, 7) is 2.57. The van der Waals surface area contributed by atoms with Gasteiger partial charge in [0, 0.05) is 10.4 Å². The molecule has 2 heterocycles. The zero-order chi connectivity index (χ0) is 13.9. The van der Waals surface area contributed by atoms with Gasteiger partial charge in [0.15, 0.2) is 11.5 Å². The molecule has 0 atom stereocenters. The van der Waals surface area contributed by atoms with E-state index in [4.69, 9.17) is 9.15 Å². The topological polar surface area (TPSA) is 51.5 Å². The Labute approximate surface area is 121 Å². The van der Waals surface area contributed by atoms with Crippen molar-refractivity contribution in [1.29, 1.82) is 0 Å². The number of ether oxygens (including phenoxy) is 1. The molecule has 20 heavy (non-hydrogen) atoms. The summed E-state index contributed by atoms with van der Waals surface area (Å²) in [5.41, 5.74) is 1.28. The third-order valence-corrected chi connectivity index (χ3v) is 4.57. The maximum Gasteiger partial charge on any atom is 0.292 e. The molecule has 1 amide bonds. The molecule has 1 aliphatic rings. The summed E-state index contributed by atoms with van der Waals surface area (Å²) in [6, 6.07) is 3.36. The normalized spacial score (nSPS) is 13.8. The SMILES string of the molecule is CCOc1c(NC(=O)c2ccco2)sc2c1CCCC2. The molecule has 0 aromatic carbocycles. The number of hydrogen-bond acceptors (Lipinski definition) is 4. The Morgan fingerprint density at radius 1 is 1.45 bits per heavy atom. The van der Waals surface area contributed by atoms with Gasteiger partial charge in [-0.15, -0.1) is 11.3 Å². The number of amides is 1. The molecule has 0 spiro atoms. The number of carbonyl (C=O) groups excluding carboxylic acids is 1. The number of hydrogen-bond donors (Lipinski definition) is 1. The van der Waals surface area contributed by atoms with Crippen LogP contribution in [-0.4, -0.2) is 12.5 Å². The van der Waals surface area contributed by atoms with Gasteiger partial charge in [0.05, 0.1) is 12.9 Å². The largest absolute Gasteiger partial charge is 0.490 e. The molecule has 2 aromatic heterocycles. The van der Waals surface area contributed by atoms with Gasteiger partial charge in [0.25, 0.3) is 5.91 Å². The van der Waals surface area contributed by atoms with Gasteiger partial charge in [0.1, 0.15) is 5.00 Å². The van der Waals surface area contributed by atoms with E-state index in [0.717, 1.165) is 23.6 Å². The van der Waals surface area contributed by atoms with Crippen molar-refractivity contribution in [3.63, 3.8) is 0 Å². The van der Waals surface area contributed by atoms with Gasteiger partial charge in [-0.05, 0) is 44.7 Å². The lowest BCUT2D eigenvalue weighted by atomic mass is 9.99. The van der Waals surface area contributed by atoms with E-state index in [9.17, 15) is 4.79 Å². The van der Waals surface area contributed by atoms with Crippen LogP contribution in [0.25, 0.3) is 0 Å². The lowest BCUT2D eigenvalue weighted by Gasteiger charge is -2.12. The molecule has 0 saturated carbocycles. The van der Waals surface area contributed by atoms with E-state index in [-0.39, 0.29) is 5.91 Å². The Balaban J connectivity index is 1.88. The van der Waals surface area contributed by atoms with Gasteiger partial charge < -0.3 is 14.5 Å².